The minimum Gasteiger partial charge on any atom is -0.330 e. The van der Waals surface area contributed by atoms with Crippen molar-refractivity contribution in [1.29, 1.82) is 0 Å². The van der Waals surface area contributed by atoms with E-state index in [0.717, 1.165) is 12.5 Å². The average molecular weight is 291 g/mol. The van der Waals surface area contributed by atoms with E-state index in [1.54, 1.807) is 10.8 Å². The van der Waals surface area contributed by atoms with E-state index in [1.807, 2.05) is 6.92 Å². The second-order valence-electron chi connectivity index (χ2n) is 3.85. The van der Waals surface area contributed by atoms with E-state index in [4.69, 9.17) is 11.6 Å². The number of alkyl halides is 3. The van der Waals surface area contributed by atoms with E-state index in [9.17, 15) is 13.2 Å². The van der Waals surface area contributed by atoms with Crippen LogP contribution in [0.25, 0.3) is 11.5 Å². The van der Waals surface area contributed by atoms with Crippen LogP contribution in [0, 0.1) is 0 Å². The quantitative estimate of drug-likeness (QED) is 0.814. The molecule has 0 spiro atoms. The zero-order valence-corrected chi connectivity index (χ0v) is 10.7. The predicted octanol–water partition coefficient (Wildman–Crippen LogP) is 3.42. The third-order valence-electron chi connectivity index (χ3n) is 2.40. The molecule has 2 heterocycles. The summed E-state index contributed by atoms with van der Waals surface area (Å²) in [7, 11) is 0. The monoisotopic (exact) mass is 290 g/mol. The number of rotatable bonds is 3. The molecule has 0 saturated heterocycles. The third-order valence-corrected chi connectivity index (χ3v) is 2.57. The molecule has 8 heteroatoms. The van der Waals surface area contributed by atoms with Gasteiger partial charge in [0.1, 0.15) is 11.4 Å². The van der Waals surface area contributed by atoms with Crippen LogP contribution in [0.3, 0.4) is 0 Å². The highest BCUT2D eigenvalue weighted by Crippen LogP contribution is 2.30. The lowest BCUT2D eigenvalue weighted by Crippen LogP contribution is -2.10. The topological polar surface area (TPSA) is 43.6 Å². The normalized spacial score (nSPS) is 11.8. The SMILES string of the molecule is CCCn1ccnc1-c1cc(C(F)(F)F)nc(Cl)n1. The Balaban J connectivity index is 2.50. The van der Waals surface area contributed by atoms with Crippen LogP contribution in [0.2, 0.25) is 5.28 Å². The Morgan fingerprint density at radius 3 is 2.68 bits per heavy atom. The van der Waals surface area contributed by atoms with Gasteiger partial charge in [-0.25, -0.2) is 15.0 Å². The van der Waals surface area contributed by atoms with Crippen LogP contribution in [0.1, 0.15) is 19.0 Å². The van der Waals surface area contributed by atoms with Gasteiger partial charge in [-0.3, -0.25) is 0 Å². The lowest BCUT2D eigenvalue weighted by atomic mass is 10.3. The summed E-state index contributed by atoms with van der Waals surface area (Å²) < 4.78 is 39.7. The standard InChI is InChI=1S/C11H10ClF3N4/c1-2-4-19-5-3-16-9(19)7-6-8(11(13,14)15)18-10(12)17-7/h3,5-6H,2,4H2,1H3. The molecule has 0 fully saturated rings. The van der Waals surface area contributed by atoms with Crippen LogP contribution < -0.4 is 0 Å². The summed E-state index contributed by atoms with van der Waals surface area (Å²) in [6, 6.07) is 0.848. The average Bonchev–Trinajstić information content (AvgIpc) is 2.76. The number of hydrogen-bond donors (Lipinski definition) is 0. The first-order valence-electron chi connectivity index (χ1n) is 5.55. The third kappa shape index (κ3) is 3.04. The predicted molar refractivity (Wildman–Crippen MR) is 63.6 cm³/mol. The van der Waals surface area contributed by atoms with E-state index < -0.39 is 17.2 Å². The summed E-state index contributed by atoms with van der Waals surface area (Å²) >= 11 is 5.54. The van der Waals surface area contributed by atoms with Crippen molar-refractivity contribution in [1.82, 2.24) is 19.5 Å². The number of nitrogens with zero attached hydrogens (tertiary/aromatic N) is 4. The number of imidazole rings is 1. The van der Waals surface area contributed by atoms with Gasteiger partial charge in [-0.15, -0.1) is 0 Å². The van der Waals surface area contributed by atoms with Crippen molar-refractivity contribution in [3.63, 3.8) is 0 Å². The second kappa shape index (κ2) is 5.16. The summed E-state index contributed by atoms with van der Waals surface area (Å²) in [5.74, 6) is 0.344. The molecular formula is C11H10ClF3N4. The molecule has 0 amide bonds. The first-order valence-corrected chi connectivity index (χ1v) is 5.93. The zero-order chi connectivity index (χ0) is 14.0. The molecule has 0 aliphatic carbocycles. The highest BCUT2D eigenvalue weighted by molar-refractivity contribution is 6.28. The molecule has 4 nitrogen and oxygen atoms in total. The molecule has 0 aromatic carbocycles. The molecule has 0 aliphatic heterocycles. The molecule has 0 bridgehead atoms. The molecule has 0 atom stereocenters. The minimum absolute atomic E-state index is 0.0609. The highest BCUT2D eigenvalue weighted by atomic mass is 35.5. The zero-order valence-electron chi connectivity index (χ0n) is 9.95. The van der Waals surface area contributed by atoms with Crippen LogP contribution >= 0.6 is 11.6 Å². The van der Waals surface area contributed by atoms with E-state index in [-0.39, 0.29) is 5.69 Å². The Bertz CT molecular complexity index is 580. The van der Waals surface area contributed by atoms with Gasteiger partial charge in [0.15, 0.2) is 5.82 Å². The Kier molecular flexibility index (Phi) is 3.75. The van der Waals surface area contributed by atoms with E-state index in [2.05, 4.69) is 15.0 Å². The second-order valence-corrected chi connectivity index (χ2v) is 4.19. The van der Waals surface area contributed by atoms with E-state index in [0.29, 0.717) is 12.4 Å². The van der Waals surface area contributed by atoms with Gasteiger partial charge < -0.3 is 4.57 Å². The summed E-state index contributed by atoms with van der Waals surface area (Å²) in [5.41, 5.74) is -1.01. The van der Waals surface area contributed by atoms with Crippen molar-refractivity contribution in [2.45, 2.75) is 26.1 Å². The first kappa shape index (κ1) is 13.8. The fraction of sp³-hybridized carbons (Fsp3) is 0.364. The van der Waals surface area contributed by atoms with Crippen molar-refractivity contribution >= 4 is 11.6 Å². The van der Waals surface area contributed by atoms with Crippen molar-refractivity contribution in [3.8, 4) is 11.5 Å². The van der Waals surface area contributed by atoms with Crippen LogP contribution in [-0.2, 0) is 12.7 Å². The minimum atomic E-state index is -4.57. The van der Waals surface area contributed by atoms with Gasteiger partial charge in [-0.2, -0.15) is 13.2 Å². The fourth-order valence-corrected chi connectivity index (χ4v) is 1.82. The molecule has 0 aliphatic rings. The Morgan fingerprint density at radius 1 is 1.32 bits per heavy atom. The molecule has 19 heavy (non-hydrogen) atoms. The summed E-state index contributed by atoms with van der Waals surface area (Å²) in [6.45, 7) is 2.59. The molecule has 102 valence electrons. The Labute approximate surface area is 112 Å². The first-order chi connectivity index (χ1) is 8.91. The molecular weight excluding hydrogens is 281 g/mol. The van der Waals surface area contributed by atoms with Gasteiger partial charge >= 0.3 is 6.18 Å². The van der Waals surface area contributed by atoms with Crippen LogP contribution in [-0.4, -0.2) is 19.5 Å². The largest absolute Gasteiger partial charge is 0.433 e. The number of aryl methyl sites for hydroxylation is 1. The summed E-state index contributed by atoms with van der Waals surface area (Å²) in [4.78, 5) is 11.0. The van der Waals surface area contributed by atoms with E-state index in [1.165, 1.54) is 6.20 Å². The van der Waals surface area contributed by atoms with Crippen LogP contribution in [0.5, 0.6) is 0 Å². The van der Waals surface area contributed by atoms with Gasteiger partial charge in [-0.05, 0) is 24.1 Å². The number of aromatic nitrogens is 4. The lowest BCUT2D eigenvalue weighted by molar-refractivity contribution is -0.141. The van der Waals surface area contributed by atoms with E-state index >= 15 is 0 Å². The molecule has 2 rings (SSSR count). The van der Waals surface area contributed by atoms with Crippen LogP contribution in [0.4, 0.5) is 13.2 Å². The van der Waals surface area contributed by atoms with Gasteiger partial charge in [0.25, 0.3) is 0 Å². The molecule has 0 N–H and O–H groups in total. The maximum absolute atomic E-state index is 12.7. The van der Waals surface area contributed by atoms with Crippen LogP contribution in [0.15, 0.2) is 18.5 Å². The molecule has 0 radical (unpaired) electrons. The van der Waals surface area contributed by atoms with Crippen molar-refractivity contribution in [2.24, 2.45) is 0 Å². The van der Waals surface area contributed by atoms with Gasteiger partial charge in [0.2, 0.25) is 5.28 Å². The Morgan fingerprint density at radius 2 is 2.05 bits per heavy atom. The number of halogens is 4. The molecule has 0 saturated carbocycles. The summed E-state index contributed by atoms with van der Waals surface area (Å²) in [6.07, 6.45) is -0.547. The summed E-state index contributed by atoms with van der Waals surface area (Å²) in [5, 5.41) is -0.448. The molecule has 2 aromatic heterocycles. The van der Waals surface area contributed by atoms with Crippen molar-refractivity contribution < 1.29 is 13.2 Å². The fourth-order valence-electron chi connectivity index (χ4n) is 1.64. The van der Waals surface area contributed by atoms with Crippen molar-refractivity contribution in [2.75, 3.05) is 0 Å². The van der Waals surface area contributed by atoms with Crippen molar-refractivity contribution in [3.05, 3.63) is 29.4 Å². The Hall–Kier alpha value is -1.63. The number of hydrogen-bond acceptors (Lipinski definition) is 3. The smallest absolute Gasteiger partial charge is 0.330 e. The highest BCUT2D eigenvalue weighted by Gasteiger charge is 2.34. The van der Waals surface area contributed by atoms with Gasteiger partial charge in [0.05, 0.1) is 0 Å². The van der Waals surface area contributed by atoms with Gasteiger partial charge in [-0.1, -0.05) is 6.92 Å². The van der Waals surface area contributed by atoms with Gasteiger partial charge in [0, 0.05) is 18.9 Å². The molecule has 2 aromatic rings. The maximum atomic E-state index is 12.7. The maximum Gasteiger partial charge on any atom is 0.433 e. The molecule has 0 unspecified atom stereocenters. The lowest BCUT2D eigenvalue weighted by Gasteiger charge is -2.09.